The largest absolute Gasteiger partial charge is 0.376 e. The molecule has 0 bridgehead atoms. The van der Waals surface area contributed by atoms with Crippen LogP contribution in [0.1, 0.15) is 62.5 Å². The highest BCUT2D eigenvalue weighted by atomic mass is 16.5. The van der Waals surface area contributed by atoms with Crippen LogP contribution in [0.15, 0.2) is 24.3 Å². The van der Waals surface area contributed by atoms with Gasteiger partial charge >= 0.3 is 0 Å². The predicted molar refractivity (Wildman–Crippen MR) is 92.6 cm³/mol. The van der Waals surface area contributed by atoms with Gasteiger partial charge in [-0.15, -0.1) is 0 Å². The van der Waals surface area contributed by atoms with Crippen molar-refractivity contribution in [3.63, 3.8) is 0 Å². The van der Waals surface area contributed by atoms with E-state index in [0.717, 1.165) is 51.8 Å². The summed E-state index contributed by atoms with van der Waals surface area (Å²) < 4.78 is 5.84. The lowest BCUT2D eigenvalue weighted by molar-refractivity contribution is -0.134. The number of amides is 1. The Morgan fingerprint density at radius 1 is 1.26 bits per heavy atom. The Morgan fingerprint density at radius 2 is 2.13 bits per heavy atom. The predicted octanol–water partition coefficient (Wildman–Crippen LogP) is 3.91. The summed E-state index contributed by atoms with van der Waals surface area (Å²) in [4.78, 5) is 14.9. The van der Waals surface area contributed by atoms with Crippen molar-refractivity contribution in [2.75, 3.05) is 19.7 Å². The summed E-state index contributed by atoms with van der Waals surface area (Å²) in [6.07, 6.45) is 7.64. The molecule has 1 saturated heterocycles. The van der Waals surface area contributed by atoms with Crippen LogP contribution in [0.3, 0.4) is 0 Å². The Labute approximate surface area is 140 Å². The van der Waals surface area contributed by atoms with E-state index in [1.54, 1.807) is 0 Å². The molecule has 1 heterocycles. The van der Waals surface area contributed by atoms with Gasteiger partial charge in [-0.3, -0.25) is 4.79 Å². The molecule has 1 aromatic rings. The minimum absolute atomic E-state index is 0.245. The number of aryl methyl sites for hydroxylation is 1. The number of benzene rings is 1. The molecule has 2 unspecified atom stereocenters. The van der Waals surface area contributed by atoms with E-state index in [2.05, 4.69) is 36.1 Å². The summed E-state index contributed by atoms with van der Waals surface area (Å²) >= 11 is 0. The summed E-state index contributed by atoms with van der Waals surface area (Å²) in [5, 5.41) is 0. The zero-order chi connectivity index (χ0) is 16.1. The summed E-state index contributed by atoms with van der Waals surface area (Å²) in [6.45, 7) is 4.63. The third-order valence-electron chi connectivity index (χ3n) is 5.22. The van der Waals surface area contributed by atoms with E-state index < -0.39 is 0 Å². The molecule has 1 aliphatic carbocycles. The smallest absolute Gasteiger partial charge is 0.223 e. The van der Waals surface area contributed by atoms with E-state index in [1.807, 2.05) is 0 Å². The highest BCUT2D eigenvalue weighted by molar-refractivity contribution is 5.77. The molecule has 23 heavy (non-hydrogen) atoms. The van der Waals surface area contributed by atoms with Gasteiger partial charge in [-0.25, -0.2) is 0 Å². The monoisotopic (exact) mass is 315 g/mol. The number of carbonyl (C=O) groups is 1. The van der Waals surface area contributed by atoms with Gasteiger partial charge in [0.1, 0.15) is 0 Å². The summed E-state index contributed by atoms with van der Waals surface area (Å²) in [6, 6.07) is 8.61. The summed E-state index contributed by atoms with van der Waals surface area (Å²) in [5.41, 5.74) is 2.83. The molecule has 0 N–H and O–H groups in total. The number of hydrogen-bond acceptors (Lipinski definition) is 2. The van der Waals surface area contributed by atoms with E-state index in [4.69, 9.17) is 4.74 Å². The van der Waals surface area contributed by atoms with Gasteiger partial charge < -0.3 is 9.64 Å². The first-order valence-corrected chi connectivity index (χ1v) is 9.25. The quantitative estimate of drug-likeness (QED) is 0.796. The molecule has 1 aliphatic heterocycles. The number of fused-ring (bicyclic) bond motifs is 1. The maximum absolute atomic E-state index is 12.8. The van der Waals surface area contributed by atoms with Crippen LogP contribution in [0.4, 0.5) is 0 Å². The van der Waals surface area contributed by atoms with Gasteiger partial charge in [-0.2, -0.15) is 0 Å². The fourth-order valence-corrected chi connectivity index (χ4v) is 3.98. The number of carbonyl (C=O) groups excluding carboxylic acids is 1. The van der Waals surface area contributed by atoms with Crippen molar-refractivity contribution in [2.24, 2.45) is 0 Å². The third-order valence-corrected chi connectivity index (χ3v) is 5.22. The van der Waals surface area contributed by atoms with Crippen LogP contribution in [0.5, 0.6) is 0 Å². The molecule has 1 aromatic carbocycles. The zero-order valence-electron chi connectivity index (χ0n) is 14.3. The van der Waals surface area contributed by atoms with Crippen molar-refractivity contribution in [3.05, 3.63) is 35.4 Å². The van der Waals surface area contributed by atoms with Crippen LogP contribution in [-0.4, -0.2) is 36.6 Å². The molecule has 1 amide bonds. The highest BCUT2D eigenvalue weighted by Crippen LogP contribution is 2.35. The van der Waals surface area contributed by atoms with Crippen molar-refractivity contribution in [3.8, 4) is 0 Å². The molecule has 0 saturated carbocycles. The van der Waals surface area contributed by atoms with Crippen LogP contribution < -0.4 is 0 Å². The van der Waals surface area contributed by atoms with E-state index in [0.29, 0.717) is 18.2 Å². The van der Waals surface area contributed by atoms with Gasteiger partial charge in [0.25, 0.3) is 0 Å². The first kappa shape index (κ1) is 16.5. The Hall–Kier alpha value is -1.35. The molecular weight excluding hydrogens is 286 g/mol. The first-order chi connectivity index (χ1) is 11.3. The second kappa shape index (κ2) is 7.96. The van der Waals surface area contributed by atoms with Crippen molar-refractivity contribution in [1.82, 2.24) is 4.90 Å². The Kier molecular flexibility index (Phi) is 5.71. The minimum Gasteiger partial charge on any atom is -0.376 e. The molecular formula is C20H29NO2. The highest BCUT2D eigenvalue weighted by Gasteiger charge is 2.27. The lowest BCUT2D eigenvalue weighted by Gasteiger charge is -2.30. The lowest BCUT2D eigenvalue weighted by Crippen LogP contribution is -2.40. The average Bonchev–Trinajstić information content (AvgIpc) is 2.99. The molecule has 0 spiro atoms. The van der Waals surface area contributed by atoms with Crippen LogP contribution in [-0.2, 0) is 16.0 Å². The number of ether oxygens (including phenoxy) is 1. The number of rotatable bonds is 6. The standard InChI is InChI=1S/C20H29NO2/c1-2-12-21(15-18-8-5-6-13-23-18)20(22)14-17-11-10-16-7-3-4-9-19(16)17/h3-4,7,9,17-18H,2,5-6,8,10-15H2,1H3. The topological polar surface area (TPSA) is 29.5 Å². The van der Waals surface area contributed by atoms with Gasteiger partial charge in [0.15, 0.2) is 0 Å². The van der Waals surface area contributed by atoms with Gasteiger partial charge in [0, 0.05) is 26.1 Å². The maximum atomic E-state index is 12.8. The van der Waals surface area contributed by atoms with Crippen molar-refractivity contribution < 1.29 is 9.53 Å². The van der Waals surface area contributed by atoms with Gasteiger partial charge in [-0.1, -0.05) is 31.2 Å². The van der Waals surface area contributed by atoms with Crippen LogP contribution in [0.2, 0.25) is 0 Å². The zero-order valence-corrected chi connectivity index (χ0v) is 14.3. The second-order valence-corrected chi connectivity index (χ2v) is 6.97. The first-order valence-electron chi connectivity index (χ1n) is 9.25. The molecule has 0 aromatic heterocycles. The van der Waals surface area contributed by atoms with Crippen LogP contribution in [0.25, 0.3) is 0 Å². The molecule has 3 nitrogen and oxygen atoms in total. The molecule has 2 atom stereocenters. The SMILES string of the molecule is CCCN(CC1CCCCO1)C(=O)CC1CCc2ccccc21. The van der Waals surface area contributed by atoms with E-state index in [1.165, 1.54) is 17.5 Å². The summed E-state index contributed by atoms with van der Waals surface area (Å²) in [5.74, 6) is 0.716. The lowest BCUT2D eigenvalue weighted by atomic mass is 9.97. The van der Waals surface area contributed by atoms with Gasteiger partial charge in [-0.05, 0) is 55.6 Å². The fourth-order valence-electron chi connectivity index (χ4n) is 3.98. The van der Waals surface area contributed by atoms with Crippen molar-refractivity contribution in [2.45, 2.75) is 63.9 Å². The molecule has 2 aliphatic rings. The van der Waals surface area contributed by atoms with Crippen LogP contribution in [0, 0.1) is 0 Å². The molecule has 3 heteroatoms. The van der Waals surface area contributed by atoms with Crippen LogP contribution >= 0.6 is 0 Å². The van der Waals surface area contributed by atoms with Crippen molar-refractivity contribution >= 4 is 5.91 Å². The maximum Gasteiger partial charge on any atom is 0.223 e. The molecule has 126 valence electrons. The van der Waals surface area contributed by atoms with E-state index >= 15 is 0 Å². The molecule has 3 rings (SSSR count). The van der Waals surface area contributed by atoms with E-state index in [-0.39, 0.29) is 6.10 Å². The number of nitrogens with zero attached hydrogens (tertiary/aromatic N) is 1. The fraction of sp³-hybridized carbons (Fsp3) is 0.650. The Bertz CT molecular complexity index is 522. The third kappa shape index (κ3) is 4.14. The van der Waals surface area contributed by atoms with Gasteiger partial charge in [0.2, 0.25) is 5.91 Å². The Morgan fingerprint density at radius 3 is 2.91 bits per heavy atom. The van der Waals surface area contributed by atoms with Crippen molar-refractivity contribution in [1.29, 1.82) is 0 Å². The number of hydrogen-bond donors (Lipinski definition) is 0. The summed E-state index contributed by atoms with van der Waals surface area (Å²) in [7, 11) is 0. The molecule has 0 radical (unpaired) electrons. The minimum atomic E-state index is 0.245. The Balaban J connectivity index is 1.60. The van der Waals surface area contributed by atoms with Gasteiger partial charge in [0.05, 0.1) is 6.10 Å². The van der Waals surface area contributed by atoms with E-state index in [9.17, 15) is 4.79 Å². The second-order valence-electron chi connectivity index (χ2n) is 6.97. The average molecular weight is 315 g/mol. The normalized spacial score (nSPS) is 23.5. The molecule has 1 fully saturated rings.